The number of primary amides is 1. The van der Waals surface area contributed by atoms with Gasteiger partial charge in [0, 0.05) is 12.3 Å². The molecular formula is C15H15FN4O5. The molecular weight excluding hydrogens is 335 g/mol. The van der Waals surface area contributed by atoms with Gasteiger partial charge in [0.2, 0.25) is 5.75 Å². The summed E-state index contributed by atoms with van der Waals surface area (Å²) < 4.78 is 29.0. The minimum atomic E-state index is -1.14. The van der Waals surface area contributed by atoms with E-state index < -0.39 is 23.8 Å². The Morgan fingerprint density at radius 2 is 2.04 bits per heavy atom. The molecule has 0 aliphatic heterocycles. The van der Waals surface area contributed by atoms with Crippen molar-refractivity contribution < 1.29 is 28.2 Å². The number of nitrogen functional groups attached to an aromatic ring is 1. The van der Waals surface area contributed by atoms with Gasteiger partial charge in [0.25, 0.3) is 0 Å². The molecule has 0 saturated carbocycles. The number of carbonyl (C=O) groups excluding carboxylic acids is 2. The van der Waals surface area contributed by atoms with Crippen LogP contribution in [0.3, 0.4) is 0 Å². The van der Waals surface area contributed by atoms with Crippen molar-refractivity contribution in [2.45, 2.75) is 6.92 Å². The lowest BCUT2D eigenvalue weighted by molar-refractivity contribution is 0.168. The predicted octanol–water partition coefficient (Wildman–Crippen LogP) is 2.62. The van der Waals surface area contributed by atoms with Crippen molar-refractivity contribution >= 4 is 23.7 Å². The van der Waals surface area contributed by atoms with Crippen LogP contribution in [0.25, 0.3) is 0 Å². The highest BCUT2D eigenvalue weighted by molar-refractivity contribution is 5.90. The third kappa shape index (κ3) is 4.47. The Hall–Kier alpha value is -3.56. The number of nitrogens with one attached hydrogen (secondary N) is 1. The van der Waals surface area contributed by atoms with Crippen molar-refractivity contribution in [1.29, 1.82) is 0 Å². The topological polar surface area (TPSA) is 139 Å². The maximum absolute atomic E-state index is 14.1. The highest BCUT2D eigenvalue weighted by Gasteiger charge is 2.19. The van der Waals surface area contributed by atoms with Gasteiger partial charge in [-0.2, -0.15) is 0 Å². The molecule has 0 aliphatic rings. The molecule has 0 unspecified atom stereocenters. The molecule has 10 heteroatoms. The molecule has 2 aromatic rings. The zero-order valence-electron chi connectivity index (χ0n) is 13.1. The van der Waals surface area contributed by atoms with Crippen LogP contribution in [0.1, 0.15) is 6.92 Å². The zero-order valence-corrected chi connectivity index (χ0v) is 13.1. The van der Waals surface area contributed by atoms with E-state index in [9.17, 15) is 14.0 Å². The van der Waals surface area contributed by atoms with Gasteiger partial charge in [-0.1, -0.05) is 6.07 Å². The third-order valence-corrected chi connectivity index (χ3v) is 2.80. The highest BCUT2D eigenvalue weighted by Crippen LogP contribution is 2.38. The number of nitrogens with two attached hydrogens (primary N) is 2. The first-order chi connectivity index (χ1) is 11.9. The number of para-hydroxylation sites is 1. The molecule has 132 valence electrons. The lowest BCUT2D eigenvalue weighted by Crippen LogP contribution is -2.17. The Kier molecular flexibility index (Phi) is 5.56. The molecule has 0 radical (unpaired) electrons. The molecule has 25 heavy (non-hydrogen) atoms. The summed E-state index contributed by atoms with van der Waals surface area (Å²) in [5.74, 6) is -1.61. The van der Waals surface area contributed by atoms with E-state index in [4.69, 9.17) is 25.7 Å². The SMILES string of the molecule is CCOC(=O)Nc1c(Oc2c(F)cccc2OC(N)=O)ccnc1N. The van der Waals surface area contributed by atoms with Crippen molar-refractivity contribution in [2.75, 3.05) is 17.7 Å². The summed E-state index contributed by atoms with van der Waals surface area (Å²) in [6, 6.07) is 5.01. The molecule has 0 saturated heterocycles. The summed E-state index contributed by atoms with van der Waals surface area (Å²) >= 11 is 0. The molecule has 1 aromatic carbocycles. The normalized spacial score (nSPS) is 10.0. The number of nitrogens with zero attached hydrogens (tertiary/aromatic N) is 1. The Balaban J connectivity index is 2.40. The molecule has 9 nitrogen and oxygen atoms in total. The number of hydrogen-bond acceptors (Lipinski definition) is 7. The van der Waals surface area contributed by atoms with Gasteiger partial charge in [-0.25, -0.2) is 19.0 Å². The number of pyridine rings is 1. The lowest BCUT2D eigenvalue weighted by atomic mass is 10.3. The maximum atomic E-state index is 14.1. The fourth-order valence-electron chi connectivity index (χ4n) is 1.83. The molecule has 2 rings (SSSR count). The van der Waals surface area contributed by atoms with E-state index in [1.54, 1.807) is 6.92 Å². The first-order valence-electron chi connectivity index (χ1n) is 7.04. The molecule has 0 bridgehead atoms. The van der Waals surface area contributed by atoms with Gasteiger partial charge < -0.3 is 25.7 Å². The first-order valence-corrected chi connectivity index (χ1v) is 7.04. The summed E-state index contributed by atoms with van der Waals surface area (Å²) in [7, 11) is 0. The van der Waals surface area contributed by atoms with Crippen LogP contribution in [-0.2, 0) is 4.74 Å². The summed E-state index contributed by atoms with van der Waals surface area (Å²) in [6.07, 6.45) is -0.653. The van der Waals surface area contributed by atoms with E-state index in [1.165, 1.54) is 24.4 Å². The van der Waals surface area contributed by atoms with Crippen molar-refractivity contribution in [2.24, 2.45) is 5.73 Å². The number of ether oxygens (including phenoxy) is 3. The van der Waals surface area contributed by atoms with Crippen molar-refractivity contribution in [1.82, 2.24) is 4.98 Å². The van der Waals surface area contributed by atoms with Gasteiger partial charge in [-0.3, -0.25) is 5.32 Å². The minimum Gasteiger partial charge on any atom is -0.450 e. The van der Waals surface area contributed by atoms with E-state index in [0.717, 1.165) is 6.07 Å². The standard InChI is InChI=1S/C15H15FN4O5/c1-2-23-15(22)20-11-9(6-7-19-13(11)17)24-12-8(16)4-3-5-10(12)25-14(18)21/h3-7H,2H2,1H3,(H2,17,19)(H2,18,21)(H,20,22). The second-order valence-corrected chi connectivity index (χ2v) is 4.51. The number of rotatable bonds is 5. The predicted molar refractivity (Wildman–Crippen MR) is 86.0 cm³/mol. The fraction of sp³-hybridized carbons (Fsp3) is 0.133. The van der Waals surface area contributed by atoms with Crippen LogP contribution in [0.2, 0.25) is 0 Å². The molecule has 2 amide bonds. The van der Waals surface area contributed by atoms with Gasteiger partial charge >= 0.3 is 12.2 Å². The average Bonchev–Trinajstić information content (AvgIpc) is 2.53. The Morgan fingerprint density at radius 3 is 2.72 bits per heavy atom. The molecule has 0 atom stereocenters. The number of anilines is 2. The molecule has 1 heterocycles. The quantitative estimate of drug-likeness (QED) is 0.753. The zero-order chi connectivity index (χ0) is 18.4. The van der Waals surface area contributed by atoms with Crippen LogP contribution in [-0.4, -0.2) is 23.8 Å². The average molecular weight is 350 g/mol. The highest BCUT2D eigenvalue weighted by atomic mass is 19.1. The van der Waals surface area contributed by atoms with Crippen molar-refractivity contribution in [3.63, 3.8) is 0 Å². The summed E-state index contributed by atoms with van der Waals surface area (Å²) in [5.41, 5.74) is 10.6. The lowest BCUT2D eigenvalue weighted by Gasteiger charge is -2.15. The first kappa shape index (κ1) is 17.8. The minimum absolute atomic E-state index is 0.0331. The Bertz CT molecular complexity index is 799. The molecule has 0 spiro atoms. The van der Waals surface area contributed by atoms with Gasteiger partial charge in [0.05, 0.1) is 6.61 Å². The smallest absolute Gasteiger partial charge is 0.411 e. The van der Waals surface area contributed by atoms with Crippen LogP contribution in [0.5, 0.6) is 17.2 Å². The number of amides is 2. The van der Waals surface area contributed by atoms with Crippen LogP contribution in [0, 0.1) is 5.82 Å². The van der Waals surface area contributed by atoms with Crippen molar-refractivity contribution in [3.8, 4) is 17.2 Å². The van der Waals surface area contributed by atoms with Crippen LogP contribution in [0.15, 0.2) is 30.5 Å². The number of carbonyl (C=O) groups is 2. The molecule has 0 aliphatic carbocycles. The largest absolute Gasteiger partial charge is 0.450 e. The van der Waals surface area contributed by atoms with E-state index in [2.05, 4.69) is 10.3 Å². The van der Waals surface area contributed by atoms with Crippen molar-refractivity contribution in [3.05, 3.63) is 36.3 Å². The van der Waals surface area contributed by atoms with E-state index in [-0.39, 0.29) is 29.6 Å². The second-order valence-electron chi connectivity index (χ2n) is 4.51. The van der Waals surface area contributed by atoms with Crippen LogP contribution >= 0.6 is 0 Å². The molecule has 0 fully saturated rings. The van der Waals surface area contributed by atoms with E-state index in [1.807, 2.05) is 0 Å². The number of benzene rings is 1. The number of hydrogen-bond donors (Lipinski definition) is 3. The fourth-order valence-corrected chi connectivity index (χ4v) is 1.83. The summed E-state index contributed by atoms with van der Waals surface area (Å²) in [6.45, 7) is 1.75. The van der Waals surface area contributed by atoms with E-state index in [0.29, 0.717) is 0 Å². The summed E-state index contributed by atoms with van der Waals surface area (Å²) in [4.78, 5) is 26.4. The van der Waals surface area contributed by atoms with Crippen LogP contribution < -0.4 is 26.3 Å². The maximum Gasteiger partial charge on any atom is 0.411 e. The Morgan fingerprint density at radius 1 is 1.28 bits per heavy atom. The van der Waals surface area contributed by atoms with Gasteiger partial charge in [-0.15, -0.1) is 0 Å². The Labute approximate surface area is 141 Å². The van der Waals surface area contributed by atoms with E-state index >= 15 is 0 Å². The number of halogens is 1. The summed E-state index contributed by atoms with van der Waals surface area (Å²) in [5, 5.41) is 2.35. The number of aromatic nitrogens is 1. The third-order valence-electron chi connectivity index (χ3n) is 2.80. The molecule has 5 N–H and O–H groups in total. The monoisotopic (exact) mass is 350 g/mol. The molecule has 1 aromatic heterocycles. The second kappa shape index (κ2) is 7.81. The van der Waals surface area contributed by atoms with Gasteiger partial charge in [0.1, 0.15) is 5.69 Å². The van der Waals surface area contributed by atoms with Crippen LogP contribution in [0.4, 0.5) is 25.5 Å². The van der Waals surface area contributed by atoms with Gasteiger partial charge in [-0.05, 0) is 19.1 Å². The van der Waals surface area contributed by atoms with Gasteiger partial charge in [0.15, 0.2) is 23.1 Å².